The molecule has 0 rings (SSSR count). The number of rotatable bonds is 5. The minimum Gasteiger partial charge on any atom is -0.480 e. The van der Waals surface area contributed by atoms with Gasteiger partial charge in [0.25, 0.3) is 0 Å². The molecule has 0 saturated carbocycles. The van der Waals surface area contributed by atoms with Gasteiger partial charge in [0.05, 0.1) is 6.61 Å². The molecule has 0 aromatic rings. The van der Waals surface area contributed by atoms with Gasteiger partial charge in [-0.15, -0.1) is 0 Å². The summed E-state index contributed by atoms with van der Waals surface area (Å²) in [5, 5.41) is 16.5. The fourth-order valence-electron chi connectivity index (χ4n) is 0.573. The van der Waals surface area contributed by atoms with Crippen LogP contribution in [0.15, 0.2) is 0 Å². The highest BCUT2D eigenvalue weighted by Crippen LogP contribution is 2.38. The fourth-order valence-corrected chi connectivity index (χ4v) is 1.23. The van der Waals surface area contributed by atoms with Gasteiger partial charge < -0.3 is 20.0 Å². The number of hydrogen-bond acceptors (Lipinski definition) is 3. The van der Waals surface area contributed by atoms with Crippen molar-refractivity contribution >= 4 is 13.7 Å². The maximum absolute atomic E-state index is 10.5. The number of aliphatic hydroxyl groups is 1. The van der Waals surface area contributed by atoms with Crippen LogP contribution in [0, 0.1) is 0 Å². The van der Waals surface area contributed by atoms with E-state index >= 15 is 0 Å². The Morgan fingerprint density at radius 1 is 1.42 bits per heavy atom. The van der Waals surface area contributed by atoms with Crippen LogP contribution in [0.25, 0.3) is 0 Å². The largest absolute Gasteiger partial charge is 0.480 e. The van der Waals surface area contributed by atoms with E-state index in [9.17, 15) is 9.36 Å². The maximum Gasteiger partial charge on any atom is 0.403 e. The van der Waals surface area contributed by atoms with Gasteiger partial charge in [-0.2, -0.15) is 4.67 Å². The summed E-state index contributed by atoms with van der Waals surface area (Å²) in [6, 6.07) is 0. The molecule has 0 spiro atoms. The Hall–Kier alpha value is -0.460. The number of aliphatic hydroxyl groups excluding tert-OH is 1. The van der Waals surface area contributed by atoms with Gasteiger partial charge in [-0.25, -0.2) is 4.57 Å². The number of carbonyl (C=O) groups is 1. The lowest BCUT2D eigenvalue weighted by Gasteiger charge is -2.19. The van der Waals surface area contributed by atoms with Gasteiger partial charge in [-0.1, -0.05) is 0 Å². The van der Waals surface area contributed by atoms with Gasteiger partial charge in [0.1, 0.15) is 6.54 Å². The highest BCUT2D eigenvalue weighted by atomic mass is 31.2. The molecular formula is C4H10NO6P. The van der Waals surface area contributed by atoms with Crippen LogP contribution in [0.1, 0.15) is 0 Å². The van der Waals surface area contributed by atoms with Gasteiger partial charge in [-0.05, 0) is 0 Å². The van der Waals surface area contributed by atoms with E-state index in [1.54, 1.807) is 0 Å². The van der Waals surface area contributed by atoms with Gasteiger partial charge in [-0.3, -0.25) is 4.79 Å². The van der Waals surface area contributed by atoms with E-state index in [4.69, 9.17) is 20.0 Å². The predicted octanol–water partition coefficient (Wildman–Crippen LogP) is -1.54. The fraction of sp³-hybridized carbons (Fsp3) is 0.750. The first-order valence-corrected chi connectivity index (χ1v) is 4.58. The van der Waals surface area contributed by atoms with Crippen molar-refractivity contribution in [3.05, 3.63) is 0 Å². The smallest absolute Gasteiger partial charge is 0.403 e. The minimum atomic E-state index is -4.55. The number of aliphatic carboxylic acids is 1. The molecule has 0 heterocycles. The van der Waals surface area contributed by atoms with E-state index in [1.165, 1.54) is 0 Å². The topological polar surface area (TPSA) is 118 Å². The zero-order chi connectivity index (χ0) is 9.78. The van der Waals surface area contributed by atoms with Gasteiger partial charge >= 0.3 is 13.7 Å². The molecule has 0 aliphatic heterocycles. The second kappa shape index (κ2) is 4.54. The van der Waals surface area contributed by atoms with Crippen molar-refractivity contribution in [2.45, 2.75) is 0 Å². The molecule has 0 aromatic carbocycles. The van der Waals surface area contributed by atoms with Crippen molar-refractivity contribution in [2.75, 3.05) is 19.7 Å². The Morgan fingerprint density at radius 3 is 2.17 bits per heavy atom. The highest BCUT2D eigenvalue weighted by Gasteiger charge is 2.26. The van der Waals surface area contributed by atoms with Crippen molar-refractivity contribution in [3.8, 4) is 0 Å². The second-order valence-corrected chi connectivity index (χ2v) is 3.61. The van der Waals surface area contributed by atoms with Crippen LogP contribution < -0.4 is 0 Å². The Bertz CT molecular complexity index is 200. The lowest BCUT2D eigenvalue weighted by Crippen LogP contribution is -2.29. The third-order valence-electron chi connectivity index (χ3n) is 1.04. The van der Waals surface area contributed by atoms with Crippen molar-refractivity contribution in [2.24, 2.45) is 0 Å². The molecule has 0 radical (unpaired) electrons. The average molecular weight is 199 g/mol. The van der Waals surface area contributed by atoms with Crippen molar-refractivity contribution in [3.63, 3.8) is 0 Å². The summed E-state index contributed by atoms with van der Waals surface area (Å²) >= 11 is 0. The summed E-state index contributed by atoms with van der Waals surface area (Å²) in [5.74, 6) is -1.35. The van der Waals surface area contributed by atoms with E-state index in [1.807, 2.05) is 0 Å². The zero-order valence-corrected chi connectivity index (χ0v) is 7.02. The Kier molecular flexibility index (Phi) is 4.36. The normalized spacial score (nSPS) is 12.0. The molecule has 4 N–H and O–H groups in total. The molecule has 0 saturated heterocycles. The van der Waals surface area contributed by atoms with Crippen LogP contribution in [0.2, 0.25) is 0 Å². The molecule has 12 heavy (non-hydrogen) atoms. The first-order chi connectivity index (χ1) is 5.38. The number of carboxylic acids is 1. The van der Waals surface area contributed by atoms with Crippen LogP contribution in [-0.4, -0.2) is 50.3 Å². The monoisotopic (exact) mass is 199 g/mol. The molecule has 0 amide bonds. The molecular weight excluding hydrogens is 189 g/mol. The van der Waals surface area contributed by atoms with Crippen molar-refractivity contribution in [1.82, 2.24) is 4.67 Å². The van der Waals surface area contributed by atoms with Crippen molar-refractivity contribution in [1.29, 1.82) is 0 Å². The Morgan fingerprint density at radius 2 is 1.92 bits per heavy atom. The lowest BCUT2D eigenvalue weighted by atomic mass is 10.6. The number of hydrogen-bond donors (Lipinski definition) is 4. The average Bonchev–Trinajstić information content (AvgIpc) is 1.83. The molecule has 0 atom stereocenters. The van der Waals surface area contributed by atoms with E-state index in [0.29, 0.717) is 4.67 Å². The zero-order valence-electron chi connectivity index (χ0n) is 6.12. The number of nitrogens with zero attached hydrogens (tertiary/aromatic N) is 1. The van der Waals surface area contributed by atoms with Crippen LogP contribution >= 0.6 is 7.75 Å². The first kappa shape index (κ1) is 11.5. The van der Waals surface area contributed by atoms with E-state index in [-0.39, 0.29) is 6.54 Å². The minimum absolute atomic E-state index is 0.365. The van der Waals surface area contributed by atoms with Crippen LogP contribution in [0.3, 0.4) is 0 Å². The second-order valence-electron chi connectivity index (χ2n) is 2.02. The third kappa shape index (κ3) is 4.42. The molecule has 0 aromatic heterocycles. The van der Waals surface area contributed by atoms with Crippen LogP contribution in [-0.2, 0) is 9.36 Å². The van der Waals surface area contributed by atoms with Gasteiger partial charge in [0.2, 0.25) is 0 Å². The standard InChI is InChI=1S/C4H10NO6P/c6-2-1-5(3-4(7)8)12(9,10)11/h6H,1-3H2,(H,7,8)(H2,9,10,11). The summed E-state index contributed by atoms with van der Waals surface area (Å²) < 4.78 is 10.9. The summed E-state index contributed by atoms with van der Waals surface area (Å²) in [6.45, 7) is -1.65. The predicted molar refractivity (Wildman–Crippen MR) is 38.3 cm³/mol. The highest BCUT2D eigenvalue weighted by molar-refractivity contribution is 7.49. The Balaban J connectivity index is 4.24. The molecule has 0 fully saturated rings. The van der Waals surface area contributed by atoms with E-state index < -0.39 is 26.9 Å². The van der Waals surface area contributed by atoms with E-state index in [2.05, 4.69) is 0 Å². The van der Waals surface area contributed by atoms with Gasteiger partial charge in [0.15, 0.2) is 0 Å². The summed E-state index contributed by atoms with van der Waals surface area (Å²) in [5.41, 5.74) is 0. The summed E-state index contributed by atoms with van der Waals surface area (Å²) in [4.78, 5) is 27.1. The lowest BCUT2D eigenvalue weighted by molar-refractivity contribution is -0.137. The molecule has 8 heteroatoms. The summed E-state index contributed by atoms with van der Waals surface area (Å²) in [7, 11) is -4.55. The molecule has 0 aliphatic rings. The van der Waals surface area contributed by atoms with Crippen molar-refractivity contribution < 1.29 is 29.4 Å². The maximum atomic E-state index is 10.5. The molecule has 7 nitrogen and oxygen atoms in total. The molecule has 0 bridgehead atoms. The molecule has 72 valence electrons. The van der Waals surface area contributed by atoms with Crippen LogP contribution in [0.4, 0.5) is 0 Å². The van der Waals surface area contributed by atoms with Crippen LogP contribution in [0.5, 0.6) is 0 Å². The quantitative estimate of drug-likeness (QED) is 0.396. The Labute approximate surface area is 68.5 Å². The first-order valence-electron chi connectivity index (χ1n) is 3.01. The third-order valence-corrected chi connectivity index (χ3v) is 2.12. The SMILES string of the molecule is O=C(O)CN(CCO)P(=O)(O)O. The van der Waals surface area contributed by atoms with Gasteiger partial charge in [0, 0.05) is 6.54 Å². The molecule has 0 unspecified atom stereocenters. The van der Waals surface area contributed by atoms with E-state index in [0.717, 1.165) is 0 Å². The number of carboxylic acid groups (broad SMARTS) is 1. The summed E-state index contributed by atoms with van der Waals surface area (Å²) in [6.07, 6.45) is 0. The molecule has 0 aliphatic carbocycles.